The van der Waals surface area contributed by atoms with E-state index in [9.17, 15) is 13.2 Å². The van der Waals surface area contributed by atoms with Crippen LogP contribution in [0.15, 0.2) is 52.3 Å². The fourth-order valence-electron chi connectivity index (χ4n) is 4.37. The number of para-hydroxylation sites is 1. The van der Waals surface area contributed by atoms with Crippen LogP contribution in [0, 0.1) is 0 Å². The molecule has 4 rings (SSSR count). The van der Waals surface area contributed by atoms with Gasteiger partial charge in [0.2, 0.25) is 0 Å². The van der Waals surface area contributed by atoms with Crippen LogP contribution in [0.5, 0.6) is 0 Å². The number of hydrogen-bond acceptors (Lipinski definition) is 6. The first-order valence-electron chi connectivity index (χ1n) is 11.4. The third kappa shape index (κ3) is 8.56. The van der Waals surface area contributed by atoms with E-state index in [2.05, 4.69) is 20.1 Å². The van der Waals surface area contributed by atoms with Gasteiger partial charge in [-0.15, -0.1) is 37.2 Å². The van der Waals surface area contributed by atoms with Gasteiger partial charge in [0.05, 0.1) is 16.9 Å². The predicted molar refractivity (Wildman–Crippen MR) is 150 cm³/mol. The van der Waals surface area contributed by atoms with Crippen molar-refractivity contribution in [3.05, 3.63) is 48.0 Å². The number of alkyl halides is 3. The van der Waals surface area contributed by atoms with Gasteiger partial charge in [-0.3, -0.25) is 15.3 Å². The Hall–Kier alpha value is -0.910. The highest BCUT2D eigenvalue weighted by molar-refractivity contribution is 7.99. The summed E-state index contributed by atoms with van der Waals surface area (Å²) in [6.07, 6.45) is -3.44. The minimum atomic E-state index is -4.34. The summed E-state index contributed by atoms with van der Waals surface area (Å²) >= 11 is 1.54. The summed E-state index contributed by atoms with van der Waals surface area (Å²) in [7, 11) is 4.00. The summed E-state index contributed by atoms with van der Waals surface area (Å²) in [5.41, 5.74) is 4.37. The average molecular weight is 589 g/mol. The zero-order valence-corrected chi connectivity index (χ0v) is 23.7. The molecule has 2 heterocycles. The minimum Gasteiger partial charge on any atom is -0.340 e. The van der Waals surface area contributed by atoms with Crippen LogP contribution >= 0.6 is 49.0 Å². The van der Waals surface area contributed by atoms with Gasteiger partial charge in [0.25, 0.3) is 0 Å². The smallest absolute Gasteiger partial charge is 0.340 e. The van der Waals surface area contributed by atoms with E-state index in [-0.39, 0.29) is 37.2 Å². The Bertz CT molecular complexity index is 943. The lowest BCUT2D eigenvalue weighted by atomic mass is 10.1. The largest absolute Gasteiger partial charge is 0.416 e. The molecule has 1 fully saturated rings. The molecule has 1 saturated heterocycles. The molecule has 2 aromatic rings. The maximum absolute atomic E-state index is 13.4. The van der Waals surface area contributed by atoms with Crippen molar-refractivity contribution < 1.29 is 13.2 Å². The molecule has 2 aliphatic heterocycles. The number of piperazine rings is 1. The second-order valence-electron chi connectivity index (χ2n) is 8.74. The van der Waals surface area contributed by atoms with Gasteiger partial charge in [0.1, 0.15) is 0 Å². The highest BCUT2D eigenvalue weighted by Gasteiger charge is 2.33. The second-order valence-corrected chi connectivity index (χ2v) is 9.82. The van der Waals surface area contributed by atoms with E-state index in [1.807, 2.05) is 43.4 Å². The topological polar surface area (TPSA) is 25.0 Å². The van der Waals surface area contributed by atoms with Crippen molar-refractivity contribution in [2.75, 3.05) is 71.4 Å². The van der Waals surface area contributed by atoms with Crippen molar-refractivity contribution in [2.45, 2.75) is 22.4 Å². The molecular weight excluding hydrogens is 554 g/mol. The summed E-state index contributed by atoms with van der Waals surface area (Å²) < 4.78 is 40.1. The van der Waals surface area contributed by atoms with Gasteiger partial charge in [0.15, 0.2) is 0 Å². The zero-order valence-electron chi connectivity index (χ0n) is 20.5. The Morgan fingerprint density at radius 2 is 1.44 bits per heavy atom. The molecule has 36 heavy (non-hydrogen) atoms. The molecule has 1 N–H and O–H groups in total. The molecule has 5 nitrogen and oxygen atoms in total. The number of anilines is 2. The number of nitrogens with one attached hydrogen (secondary N) is 1. The second kappa shape index (κ2) is 14.9. The summed E-state index contributed by atoms with van der Waals surface area (Å²) in [5.74, 6) is 0. The van der Waals surface area contributed by atoms with Gasteiger partial charge in [-0.1, -0.05) is 23.9 Å². The molecule has 0 amide bonds. The molecule has 0 spiro atoms. The van der Waals surface area contributed by atoms with E-state index < -0.39 is 11.7 Å². The third-order valence-corrected chi connectivity index (χ3v) is 7.26. The van der Waals surface area contributed by atoms with E-state index in [0.717, 1.165) is 67.7 Å². The molecule has 0 atom stereocenters. The van der Waals surface area contributed by atoms with E-state index in [1.165, 1.54) is 12.1 Å². The van der Waals surface area contributed by atoms with Crippen LogP contribution < -0.4 is 10.3 Å². The molecule has 2 aliphatic rings. The molecule has 12 heteroatoms. The maximum Gasteiger partial charge on any atom is 0.416 e. The lowest BCUT2D eigenvalue weighted by molar-refractivity contribution is -0.137. The summed E-state index contributed by atoms with van der Waals surface area (Å²) in [6.45, 7) is 7.78. The van der Waals surface area contributed by atoms with Crippen molar-refractivity contribution in [3.8, 4) is 0 Å². The number of nitrogens with zero attached hydrogens (tertiary/aromatic N) is 4. The molecule has 2 aromatic carbocycles. The summed E-state index contributed by atoms with van der Waals surface area (Å²) in [4.78, 5) is 8.97. The number of benzene rings is 2. The molecule has 204 valence electrons. The van der Waals surface area contributed by atoms with Gasteiger partial charge >= 0.3 is 6.18 Å². The maximum atomic E-state index is 13.4. The van der Waals surface area contributed by atoms with Gasteiger partial charge in [-0.25, -0.2) is 0 Å². The van der Waals surface area contributed by atoms with E-state index >= 15 is 0 Å². The predicted octanol–water partition coefficient (Wildman–Crippen LogP) is 5.65. The quantitative estimate of drug-likeness (QED) is 0.401. The van der Waals surface area contributed by atoms with E-state index in [0.29, 0.717) is 12.2 Å². The average Bonchev–Trinajstić information content (AvgIpc) is 2.78. The monoisotopic (exact) mass is 587 g/mol. The highest BCUT2D eigenvalue weighted by atomic mass is 35.5. The number of fused-ring (bicyclic) bond motifs is 2. The number of rotatable bonds is 8. The third-order valence-electron chi connectivity index (χ3n) is 6.13. The number of halogens is 6. The lowest BCUT2D eigenvalue weighted by Gasteiger charge is -2.36. The Kier molecular flexibility index (Phi) is 13.7. The van der Waals surface area contributed by atoms with E-state index in [1.54, 1.807) is 17.8 Å². The van der Waals surface area contributed by atoms with Gasteiger partial charge in [-0.05, 0) is 43.3 Å². The molecular formula is C24H35Cl3F3N5S. The fraction of sp³-hybridized carbons (Fsp3) is 0.500. The molecule has 0 aliphatic carbocycles. The zero-order chi connectivity index (χ0) is 23.4. The Balaban J connectivity index is 0.00000216. The first-order valence-corrected chi connectivity index (χ1v) is 12.2. The van der Waals surface area contributed by atoms with Gasteiger partial charge < -0.3 is 9.80 Å². The first-order chi connectivity index (χ1) is 15.8. The molecule has 0 saturated carbocycles. The standard InChI is InChI=1S/C24H32F3N5S.3ClH/c1-29(2)28-10-13-31-16-14-30(15-17-31)11-5-12-32-20-6-3-4-7-22(20)33-23-9-8-19(18-21(23)32)24(25,26)27;;;/h3-4,6-9,18,28H,5,10-17H2,1-2H3;3*1H. The van der Waals surface area contributed by atoms with Crippen LogP contribution in [0.25, 0.3) is 0 Å². The summed E-state index contributed by atoms with van der Waals surface area (Å²) in [6, 6.07) is 12.1. The fourth-order valence-corrected chi connectivity index (χ4v) is 5.44. The van der Waals surface area contributed by atoms with Gasteiger partial charge in [0, 0.05) is 69.7 Å². The van der Waals surface area contributed by atoms with Crippen molar-refractivity contribution in [3.63, 3.8) is 0 Å². The normalized spacial score (nSPS) is 15.9. The minimum absolute atomic E-state index is 0. The Morgan fingerprint density at radius 1 is 0.833 bits per heavy atom. The van der Waals surface area contributed by atoms with Crippen molar-refractivity contribution >= 4 is 60.4 Å². The lowest BCUT2D eigenvalue weighted by Crippen LogP contribution is -2.49. The number of hydrazine groups is 1. The molecule has 0 radical (unpaired) electrons. The summed E-state index contributed by atoms with van der Waals surface area (Å²) in [5, 5.41) is 1.98. The van der Waals surface area contributed by atoms with Crippen LogP contribution in [0.4, 0.5) is 24.5 Å². The number of hydrogen-bond donors (Lipinski definition) is 1. The van der Waals surface area contributed by atoms with Crippen LogP contribution in [0.1, 0.15) is 12.0 Å². The van der Waals surface area contributed by atoms with Gasteiger partial charge in [-0.2, -0.15) is 13.2 Å². The molecule has 0 aromatic heterocycles. The Labute approximate surface area is 234 Å². The molecule has 0 unspecified atom stereocenters. The van der Waals surface area contributed by atoms with Crippen LogP contribution in [0.2, 0.25) is 0 Å². The van der Waals surface area contributed by atoms with E-state index in [4.69, 9.17) is 0 Å². The van der Waals surface area contributed by atoms with Crippen molar-refractivity contribution in [1.82, 2.24) is 20.2 Å². The molecule has 0 bridgehead atoms. The highest BCUT2D eigenvalue weighted by Crippen LogP contribution is 2.49. The Morgan fingerprint density at radius 3 is 2.08 bits per heavy atom. The van der Waals surface area contributed by atoms with Crippen LogP contribution in [0.3, 0.4) is 0 Å². The van der Waals surface area contributed by atoms with Crippen molar-refractivity contribution in [1.29, 1.82) is 0 Å². The van der Waals surface area contributed by atoms with Crippen LogP contribution in [-0.2, 0) is 6.18 Å². The first kappa shape index (κ1) is 33.1. The van der Waals surface area contributed by atoms with Crippen molar-refractivity contribution in [2.24, 2.45) is 0 Å². The van der Waals surface area contributed by atoms with Crippen LogP contribution in [-0.4, -0.2) is 81.3 Å². The SMILES string of the molecule is CN(C)NCCN1CCN(CCCN2c3ccccc3Sc3ccc(C(F)(F)F)cc32)CC1.Cl.Cl.Cl.